The maximum Gasteiger partial charge on any atom is 0.141 e. The molecule has 2 N–H and O–H groups in total. The standard InChI is InChI=1S/C10H15FN2O2/c11-9-2-3-10(13-8-9)12-4-1-6-15-7-5-14/h2-3,8,14H,1,4-7H2,(H,12,13). The topological polar surface area (TPSA) is 54.4 Å². The Hall–Kier alpha value is -1.20. The quantitative estimate of drug-likeness (QED) is 0.666. The van der Waals surface area contributed by atoms with Gasteiger partial charge < -0.3 is 15.2 Å². The summed E-state index contributed by atoms with van der Waals surface area (Å²) in [6.07, 6.45) is 1.99. The highest BCUT2D eigenvalue weighted by molar-refractivity contribution is 5.33. The fourth-order valence-corrected chi connectivity index (χ4v) is 1.04. The number of aromatic nitrogens is 1. The molecule has 0 saturated heterocycles. The van der Waals surface area contributed by atoms with Crippen LogP contribution in [-0.2, 0) is 4.74 Å². The molecule has 0 saturated carbocycles. The number of hydrogen-bond donors (Lipinski definition) is 2. The van der Waals surface area contributed by atoms with Crippen molar-refractivity contribution in [1.82, 2.24) is 4.98 Å². The van der Waals surface area contributed by atoms with E-state index >= 15 is 0 Å². The molecule has 0 amide bonds. The summed E-state index contributed by atoms with van der Waals surface area (Å²) in [5, 5.41) is 11.5. The minimum atomic E-state index is -0.341. The third kappa shape index (κ3) is 5.29. The zero-order chi connectivity index (χ0) is 10.9. The average molecular weight is 214 g/mol. The molecule has 84 valence electrons. The number of anilines is 1. The first-order valence-corrected chi connectivity index (χ1v) is 4.87. The molecule has 1 heterocycles. The van der Waals surface area contributed by atoms with E-state index in [0.717, 1.165) is 6.42 Å². The van der Waals surface area contributed by atoms with Crippen LogP contribution in [0, 0.1) is 5.82 Å². The van der Waals surface area contributed by atoms with E-state index in [0.29, 0.717) is 25.6 Å². The summed E-state index contributed by atoms with van der Waals surface area (Å²) >= 11 is 0. The van der Waals surface area contributed by atoms with Gasteiger partial charge in [-0.05, 0) is 18.6 Å². The highest BCUT2D eigenvalue weighted by Gasteiger charge is 1.94. The molecule has 0 fully saturated rings. The van der Waals surface area contributed by atoms with Crippen molar-refractivity contribution in [2.75, 3.05) is 31.7 Å². The highest BCUT2D eigenvalue weighted by Crippen LogP contribution is 2.02. The molecule has 0 radical (unpaired) electrons. The molecule has 0 spiro atoms. The van der Waals surface area contributed by atoms with Gasteiger partial charge in [-0.3, -0.25) is 0 Å². The lowest BCUT2D eigenvalue weighted by Crippen LogP contribution is -2.08. The van der Waals surface area contributed by atoms with E-state index in [1.54, 1.807) is 6.07 Å². The summed E-state index contributed by atoms with van der Waals surface area (Å²) in [5.41, 5.74) is 0. The van der Waals surface area contributed by atoms with Gasteiger partial charge in [-0.2, -0.15) is 0 Å². The summed E-state index contributed by atoms with van der Waals surface area (Å²) in [5.74, 6) is 0.311. The number of aliphatic hydroxyl groups excluding tert-OH is 1. The van der Waals surface area contributed by atoms with Crippen LogP contribution in [-0.4, -0.2) is 36.5 Å². The Labute approximate surface area is 88.1 Å². The molecular formula is C10H15FN2O2. The van der Waals surface area contributed by atoms with Crippen molar-refractivity contribution in [3.63, 3.8) is 0 Å². The molecule has 0 aliphatic heterocycles. The van der Waals surface area contributed by atoms with E-state index in [1.165, 1.54) is 12.3 Å². The molecule has 1 aromatic heterocycles. The van der Waals surface area contributed by atoms with Gasteiger partial charge in [0.2, 0.25) is 0 Å². The Morgan fingerprint density at radius 2 is 2.27 bits per heavy atom. The summed E-state index contributed by atoms with van der Waals surface area (Å²) in [6.45, 7) is 1.72. The van der Waals surface area contributed by atoms with Crippen LogP contribution in [0.2, 0.25) is 0 Å². The number of aliphatic hydroxyl groups is 1. The molecule has 0 unspecified atom stereocenters. The fourth-order valence-electron chi connectivity index (χ4n) is 1.04. The first-order chi connectivity index (χ1) is 7.33. The Kier molecular flexibility index (Phi) is 5.65. The van der Waals surface area contributed by atoms with Crippen LogP contribution in [0.5, 0.6) is 0 Å². The van der Waals surface area contributed by atoms with Crippen LogP contribution in [0.25, 0.3) is 0 Å². The molecular weight excluding hydrogens is 199 g/mol. The number of ether oxygens (including phenoxy) is 1. The number of hydrogen-bond acceptors (Lipinski definition) is 4. The van der Waals surface area contributed by atoms with Gasteiger partial charge in [-0.25, -0.2) is 9.37 Å². The van der Waals surface area contributed by atoms with Crippen LogP contribution in [0.4, 0.5) is 10.2 Å². The van der Waals surface area contributed by atoms with Crippen LogP contribution >= 0.6 is 0 Å². The van der Waals surface area contributed by atoms with Crippen LogP contribution in [0.15, 0.2) is 18.3 Å². The first-order valence-electron chi connectivity index (χ1n) is 4.87. The molecule has 0 bridgehead atoms. The van der Waals surface area contributed by atoms with E-state index in [4.69, 9.17) is 9.84 Å². The Bertz CT molecular complexity index is 267. The molecule has 0 aromatic carbocycles. The van der Waals surface area contributed by atoms with Crippen molar-refractivity contribution < 1.29 is 14.2 Å². The van der Waals surface area contributed by atoms with Gasteiger partial charge >= 0.3 is 0 Å². The number of halogens is 1. The van der Waals surface area contributed by atoms with Gasteiger partial charge in [0, 0.05) is 13.2 Å². The van der Waals surface area contributed by atoms with E-state index in [9.17, 15) is 4.39 Å². The van der Waals surface area contributed by atoms with Gasteiger partial charge in [0.15, 0.2) is 0 Å². The van der Waals surface area contributed by atoms with Gasteiger partial charge in [-0.15, -0.1) is 0 Å². The minimum Gasteiger partial charge on any atom is -0.394 e. The lowest BCUT2D eigenvalue weighted by atomic mass is 10.4. The SMILES string of the molecule is OCCOCCCNc1ccc(F)cn1. The lowest BCUT2D eigenvalue weighted by Gasteiger charge is -2.05. The Balaban J connectivity index is 2.07. The monoisotopic (exact) mass is 214 g/mol. The third-order valence-corrected chi connectivity index (χ3v) is 1.73. The van der Waals surface area contributed by atoms with E-state index in [2.05, 4.69) is 10.3 Å². The molecule has 4 nitrogen and oxygen atoms in total. The normalized spacial score (nSPS) is 10.3. The average Bonchev–Trinajstić information content (AvgIpc) is 2.26. The second-order valence-corrected chi connectivity index (χ2v) is 2.98. The zero-order valence-corrected chi connectivity index (χ0v) is 8.45. The lowest BCUT2D eigenvalue weighted by molar-refractivity contribution is 0.0922. The largest absolute Gasteiger partial charge is 0.394 e. The van der Waals surface area contributed by atoms with E-state index in [-0.39, 0.29) is 12.4 Å². The molecule has 0 aliphatic carbocycles. The van der Waals surface area contributed by atoms with Crippen molar-refractivity contribution in [2.24, 2.45) is 0 Å². The zero-order valence-electron chi connectivity index (χ0n) is 8.45. The fraction of sp³-hybridized carbons (Fsp3) is 0.500. The second kappa shape index (κ2) is 7.14. The molecule has 15 heavy (non-hydrogen) atoms. The number of nitrogens with one attached hydrogen (secondary N) is 1. The molecule has 1 aromatic rings. The van der Waals surface area contributed by atoms with Crippen molar-refractivity contribution in [1.29, 1.82) is 0 Å². The number of nitrogens with zero attached hydrogens (tertiary/aromatic N) is 1. The maximum absolute atomic E-state index is 12.5. The first kappa shape index (κ1) is 11.9. The predicted octanol–water partition coefficient (Wildman–Crippen LogP) is 1.03. The summed E-state index contributed by atoms with van der Waals surface area (Å²) in [4.78, 5) is 3.85. The Morgan fingerprint density at radius 1 is 1.40 bits per heavy atom. The smallest absolute Gasteiger partial charge is 0.141 e. The van der Waals surface area contributed by atoms with E-state index < -0.39 is 0 Å². The van der Waals surface area contributed by atoms with Gasteiger partial charge in [-0.1, -0.05) is 0 Å². The maximum atomic E-state index is 12.5. The summed E-state index contributed by atoms with van der Waals surface area (Å²) in [7, 11) is 0. The predicted molar refractivity (Wildman–Crippen MR) is 55.2 cm³/mol. The van der Waals surface area contributed by atoms with Crippen molar-refractivity contribution >= 4 is 5.82 Å². The van der Waals surface area contributed by atoms with Crippen LogP contribution < -0.4 is 5.32 Å². The van der Waals surface area contributed by atoms with Crippen LogP contribution in [0.1, 0.15) is 6.42 Å². The number of rotatable bonds is 7. The Morgan fingerprint density at radius 3 is 2.93 bits per heavy atom. The van der Waals surface area contributed by atoms with Crippen molar-refractivity contribution in [2.45, 2.75) is 6.42 Å². The summed E-state index contributed by atoms with van der Waals surface area (Å²) < 4.78 is 17.5. The molecule has 5 heteroatoms. The molecule has 0 aliphatic rings. The summed E-state index contributed by atoms with van der Waals surface area (Å²) in [6, 6.07) is 2.95. The van der Waals surface area contributed by atoms with Crippen molar-refractivity contribution in [3.8, 4) is 0 Å². The molecule has 0 atom stereocenters. The molecule has 1 rings (SSSR count). The second-order valence-electron chi connectivity index (χ2n) is 2.98. The third-order valence-electron chi connectivity index (χ3n) is 1.73. The van der Waals surface area contributed by atoms with Crippen LogP contribution in [0.3, 0.4) is 0 Å². The van der Waals surface area contributed by atoms with Gasteiger partial charge in [0.1, 0.15) is 11.6 Å². The highest BCUT2D eigenvalue weighted by atomic mass is 19.1. The minimum absolute atomic E-state index is 0.0486. The van der Waals surface area contributed by atoms with Gasteiger partial charge in [0.25, 0.3) is 0 Å². The van der Waals surface area contributed by atoms with Crippen molar-refractivity contribution in [3.05, 3.63) is 24.1 Å². The van der Waals surface area contributed by atoms with Gasteiger partial charge in [0.05, 0.1) is 19.4 Å². The van der Waals surface area contributed by atoms with E-state index in [1.807, 2.05) is 0 Å². The number of pyridine rings is 1.